The monoisotopic (exact) mass is 373 g/mol. The minimum Gasteiger partial charge on any atom is -0.489 e. The number of nitriles is 1. The topological polar surface area (TPSA) is 99.9 Å². The first-order valence-electron chi connectivity index (χ1n) is 8.71. The molecule has 0 radical (unpaired) electrons. The van der Waals surface area contributed by atoms with Crippen molar-refractivity contribution in [1.82, 2.24) is 9.97 Å². The summed E-state index contributed by atoms with van der Waals surface area (Å²) in [5.74, 6) is 0.823. The van der Waals surface area contributed by atoms with Crippen LogP contribution in [0.1, 0.15) is 29.9 Å². The zero-order valence-corrected chi connectivity index (χ0v) is 15.5. The highest BCUT2D eigenvalue weighted by Gasteiger charge is 2.10. The molecule has 3 aromatic rings. The van der Waals surface area contributed by atoms with E-state index in [1.165, 1.54) is 12.4 Å². The number of aromatic nitrogens is 2. The van der Waals surface area contributed by atoms with E-state index in [2.05, 4.69) is 20.6 Å². The highest BCUT2D eigenvalue weighted by atomic mass is 16.5. The van der Waals surface area contributed by atoms with Gasteiger partial charge >= 0.3 is 0 Å². The molecule has 0 atom stereocenters. The van der Waals surface area contributed by atoms with Gasteiger partial charge in [-0.25, -0.2) is 9.97 Å². The molecule has 1 amide bonds. The maximum Gasteiger partial charge on any atom is 0.275 e. The number of nitrogens with zero attached hydrogens (tertiary/aromatic N) is 3. The highest BCUT2D eigenvalue weighted by molar-refractivity contribution is 6.02. The summed E-state index contributed by atoms with van der Waals surface area (Å²) < 4.78 is 5.77. The van der Waals surface area contributed by atoms with Gasteiger partial charge in [-0.1, -0.05) is 12.1 Å². The van der Waals surface area contributed by atoms with Gasteiger partial charge in [0, 0.05) is 5.69 Å². The normalized spacial score (nSPS) is 10.2. The first-order chi connectivity index (χ1) is 13.5. The van der Waals surface area contributed by atoms with E-state index in [0.29, 0.717) is 22.8 Å². The number of anilines is 3. The summed E-state index contributed by atoms with van der Waals surface area (Å²) in [5.41, 5.74) is 2.05. The second-order valence-electron chi connectivity index (χ2n) is 6.22. The summed E-state index contributed by atoms with van der Waals surface area (Å²) in [7, 11) is 0. The van der Waals surface area contributed by atoms with Crippen LogP contribution >= 0.6 is 0 Å². The zero-order valence-electron chi connectivity index (χ0n) is 15.5. The number of nitrogens with one attached hydrogen (secondary N) is 2. The molecular weight excluding hydrogens is 354 g/mol. The Labute approximate surface area is 163 Å². The number of carbonyl (C=O) groups is 1. The van der Waals surface area contributed by atoms with E-state index < -0.39 is 0 Å². The van der Waals surface area contributed by atoms with Gasteiger partial charge in [0.1, 0.15) is 17.3 Å². The molecule has 7 nitrogen and oxygen atoms in total. The number of para-hydroxylation sites is 2. The van der Waals surface area contributed by atoms with Crippen molar-refractivity contribution in [1.29, 1.82) is 5.26 Å². The molecule has 7 heteroatoms. The molecule has 1 aromatic heterocycles. The molecule has 0 fully saturated rings. The fraction of sp³-hybridized carbons (Fsp3) is 0.143. The van der Waals surface area contributed by atoms with Gasteiger partial charge in [0.25, 0.3) is 5.91 Å². The van der Waals surface area contributed by atoms with Gasteiger partial charge < -0.3 is 15.4 Å². The van der Waals surface area contributed by atoms with Crippen molar-refractivity contribution in [3.05, 3.63) is 72.2 Å². The number of rotatable bonds is 6. The molecule has 0 saturated carbocycles. The third-order valence-electron chi connectivity index (χ3n) is 3.67. The van der Waals surface area contributed by atoms with Crippen molar-refractivity contribution in [2.24, 2.45) is 0 Å². The van der Waals surface area contributed by atoms with E-state index in [1.54, 1.807) is 24.3 Å². The van der Waals surface area contributed by atoms with Gasteiger partial charge in [-0.2, -0.15) is 5.26 Å². The minimum absolute atomic E-state index is 0.0438. The Kier molecular flexibility index (Phi) is 5.82. The molecule has 2 aromatic carbocycles. The molecule has 28 heavy (non-hydrogen) atoms. The number of hydrogen-bond donors (Lipinski definition) is 2. The van der Waals surface area contributed by atoms with Crippen LogP contribution in [0, 0.1) is 11.3 Å². The Morgan fingerprint density at radius 2 is 1.82 bits per heavy atom. The molecule has 0 unspecified atom stereocenters. The Morgan fingerprint density at radius 1 is 1.07 bits per heavy atom. The highest BCUT2D eigenvalue weighted by Crippen LogP contribution is 2.27. The van der Waals surface area contributed by atoms with Gasteiger partial charge in [-0.15, -0.1) is 0 Å². The quantitative estimate of drug-likeness (QED) is 0.674. The van der Waals surface area contributed by atoms with Gasteiger partial charge in [0.15, 0.2) is 0 Å². The molecular formula is C21H19N5O2. The van der Waals surface area contributed by atoms with E-state index in [-0.39, 0.29) is 17.7 Å². The van der Waals surface area contributed by atoms with Crippen molar-refractivity contribution < 1.29 is 9.53 Å². The third kappa shape index (κ3) is 4.83. The van der Waals surface area contributed by atoms with E-state index in [9.17, 15) is 4.79 Å². The Balaban J connectivity index is 1.68. The second-order valence-corrected chi connectivity index (χ2v) is 6.22. The summed E-state index contributed by atoms with van der Waals surface area (Å²) in [4.78, 5) is 20.7. The summed E-state index contributed by atoms with van der Waals surface area (Å²) in [6.45, 7) is 3.91. The fourth-order valence-corrected chi connectivity index (χ4v) is 2.40. The first kappa shape index (κ1) is 18.9. The van der Waals surface area contributed by atoms with Crippen LogP contribution in [0.25, 0.3) is 0 Å². The standard InChI is InChI=1S/C21H19N5O2/c1-14(2)28-19-6-4-3-5-17(19)26-20-13-23-18(12-24-20)21(27)25-16-9-7-15(11-22)8-10-16/h3-10,12-14H,1-2H3,(H,24,26)(H,25,27). The van der Waals surface area contributed by atoms with Gasteiger partial charge in [0.05, 0.1) is 35.8 Å². The lowest BCUT2D eigenvalue weighted by Gasteiger charge is -2.15. The van der Waals surface area contributed by atoms with Gasteiger partial charge in [0.2, 0.25) is 0 Å². The smallest absolute Gasteiger partial charge is 0.275 e. The largest absolute Gasteiger partial charge is 0.489 e. The van der Waals surface area contributed by atoms with Crippen molar-refractivity contribution in [3.63, 3.8) is 0 Å². The lowest BCUT2D eigenvalue weighted by molar-refractivity contribution is 0.102. The van der Waals surface area contributed by atoms with Crippen LogP contribution in [0.3, 0.4) is 0 Å². The van der Waals surface area contributed by atoms with Crippen LogP contribution in [-0.2, 0) is 0 Å². The number of ether oxygens (including phenoxy) is 1. The maximum absolute atomic E-state index is 12.3. The van der Waals surface area contributed by atoms with Crippen LogP contribution in [0.4, 0.5) is 17.2 Å². The first-order valence-corrected chi connectivity index (χ1v) is 8.71. The zero-order chi connectivity index (χ0) is 19.9. The van der Waals surface area contributed by atoms with Crippen molar-refractivity contribution >= 4 is 23.1 Å². The van der Waals surface area contributed by atoms with E-state index in [4.69, 9.17) is 10.00 Å². The lowest BCUT2D eigenvalue weighted by Crippen LogP contribution is -2.14. The summed E-state index contributed by atoms with van der Waals surface area (Å²) in [6.07, 6.45) is 2.93. The van der Waals surface area contributed by atoms with Crippen LogP contribution in [0.5, 0.6) is 5.75 Å². The van der Waals surface area contributed by atoms with E-state index in [0.717, 1.165) is 5.69 Å². The molecule has 0 spiro atoms. The summed E-state index contributed by atoms with van der Waals surface area (Å²) in [5, 5.41) is 14.7. The SMILES string of the molecule is CC(C)Oc1ccccc1Nc1cnc(C(=O)Nc2ccc(C#N)cc2)cn1. The molecule has 0 aliphatic heterocycles. The number of amides is 1. The van der Waals surface area contributed by atoms with Gasteiger partial charge in [-0.3, -0.25) is 4.79 Å². The average molecular weight is 373 g/mol. The summed E-state index contributed by atoms with van der Waals surface area (Å²) >= 11 is 0. The van der Waals surface area contributed by atoms with Crippen molar-refractivity contribution in [2.45, 2.75) is 20.0 Å². The molecule has 140 valence electrons. The van der Waals surface area contributed by atoms with E-state index in [1.807, 2.05) is 44.2 Å². The predicted molar refractivity (Wildman–Crippen MR) is 107 cm³/mol. The Hall–Kier alpha value is -3.92. The average Bonchev–Trinajstić information content (AvgIpc) is 2.70. The van der Waals surface area contributed by atoms with Crippen LogP contribution in [-0.4, -0.2) is 22.0 Å². The van der Waals surface area contributed by atoms with E-state index >= 15 is 0 Å². The van der Waals surface area contributed by atoms with Crippen LogP contribution in [0.2, 0.25) is 0 Å². The second kappa shape index (κ2) is 8.64. The molecule has 0 saturated heterocycles. The number of hydrogen-bond acceptors (Lipinski definition) is 6. The summed E-state index contributed by atoms with van der Waals surface area (Å²) in [6, 6.07) is 16.1. The lowest BCUT2D eigenvalue weighted by atomic mass is 10.2. The van der Waals surface area contributed by atoms with Crippen molar-refractivity contribution in [2.75, 3.05) is 10.6 Å². The van der Waals surface area contributed by atoms with Crippen LogP contribution in [0.15, 0.2) is 60.9 Å². The molecule has 0 aliphatic rings. The maximum atomic E-state index is 12.3. The third-order valence-corrected chi connectivity index (χ3v) is 3.67. The minimum atomic E-state index is -0.382. The fourth-order valence-electron chi connectivity index (χ4n) is 2.40. The molecule has 1 heterocycles. The molecule has 0 aliphatic carbocycles. The predicted octanol–water partition coefficient (Wildman–Crippen LogP) is 4.13. The Morgan fingerprint density at radius 3 is 2.46 bits per heavy atom. The molecule has 2 N–H and O–H groups in total. The number of benzene rings is 2. The number of carbonyl (C=O) groups excluding carboxylic acids is 1. The van der Waals surface area contributed by atoms with Gasteiger partial charge in [-0.05, 0) is 50.2 Å². The Bertz CT molecular complexity index is 993. The van der Waals surface area contributed by atoms with Crippen LogP contribution < -0.4 is 15.4 Å². The van der Waals surface area contributed by atoms with Crippen molar-refractivity contribution in [3.8, 4) is 11.8 Å². The molecule has 3 rings (SSSR count). The molecule has 0 bridgehead atoms.